The first kappa shape index (κ1) is 12.6. The minimum atomic E-state index is 0.0472. The maximum atomic E-state index is 7.50. The quantitative estimate of drug-likeness (QED) is 0.605. The molecule has 1 aromatic rings. The van der Waals surface area contributed by atoms with Gasteiger partial charge in [-0.1, -0.05) is 19.9 Å². The van der Waals surface area contributed by atoms with Crippen LogP contribution in [0.15, 0.2) is 18.2 Å². The highest BCUT2D eigenvalue weighted by molar-refractivity contribution is 5.97. The van der Waals surface area contributed by atoms with E-state index in [-0.39, 0.29) is 11.9 Å². The van der Waals surface area contributed by atoms with Crippen molar-refractivity contribution in [2.75, 3.05) is 0 Å². The van der Waals surface area contributed by atoms with Crippen molar-refractivity contribution in [3.8, 4) is 5.75 Å². The lowest BCUT2D eigenvalue weighted by Crippen LogP contribution is -2.21. The average Bonchev–Trinajstić information content (AvgIpc) is 2.16. The highest BCUT2D eigenvalue weighted by Gasteiger charge is 2.13. The molecule has 0 aromatic heterocycles. The number of nitrogens with two attached hydrogens (primary N) is 1. The molecule has 0 spiro atoms. The van der Waals surface area contributed by atoms with E-state index in [4.69, 9.17) is 15.9 Å². The summed E-state index contributed by atoms with van der Waals surface area (Å²) in [5.74, 6) is 1.18. The van der Waals surface area contributed by atoms with E-state index in [1.807, 2.05) is 32.0 Å². The zero-order valence-electron chi connectivity index (χ0n) is 10.4. The van der Waals surface area contributed by atoms with Crippen LogP contribution in [0.2, 0.25) is 0 Å². The molecule has 0 amide bonds. The van der Waals surface area contributed by atoms with Crippen LogP contribution in [-0.4, -0.2) is 11.9 Å². The maximum absolute atomic E-state index is 7.50. The van der Waals surface area contributed by atoms with Crippen LogP contribution in [0.4, 0.5) is 0 Å². The molecule has 1 atom stereocenters. The summed E-state index contributed by atoms with van der Waals surface area (Å²) in [6, 6.07) is 5.69. The molecule has 0 radical (unpaired) electrons. The predicted octanol–water partition coefficient (Wildman–Crippen LogP) is 2.70. The molecule has 1 aromatic carbocycles. The van der Waals surface area contributed by atoms with E-state index in [9.17, 15) is 0 Å². The van der Waals surface area contributed by atoms with Crippen molar-refractivity contribution in [3.05, 3.63) is 29.3 Å². The lowest BCUT2D eigenvalue weighted by atomic mass is 10.1. The summed E-state index contributed by atoms with van der Waals surface area (Å²) in [5.41, 5.74) is 7.29. The summed E-state index contributed by atoms with van der Waals surface area (Å²) < 4.78 is 5.83. The number of benzene rings is 1. The number of nitrogen functional groups attached to an aromatic ring is 1. The zero-order valence-corrected chi connectivity index (χ0v) is 10.4. The highest BCUT2D eigenvalue weighted by Crippen LogP contribution is 2.22. The fourth-order valence-electron chi connectivity index (χ4n) is 1.29. The van der Waals surface area contributed by atoms with Crippen molar-refractivity contribution >= 4 is 5.84 Å². The number of ether oxygens (including phenoxy) is 1. The zero-order chi connectivity index (χ0) is 12.3. The SMILES string of the molecule is Cc1ccc(C(=N)N)c(OC(C)C(C)C)c1. The Hall–Kier alpha value is -1.51. The van der Waals surface area contributed by atoms with Crippen LogP contribution in [0.25, 0.3) is 0 Å². The minimum Gasteiger partial charge on any atom is -0.490 e. The largest absolute Gasteiger partial charge is 0.490 e. The molecule has 0 aliphatic rings. The molecule has 0 bridgehead atoms. The Morgan fingerprint density at radius 2 is 1.94 bits per heavy atom. The lowest BCUT2D eigenvalue weighted by Gasteiger charge is -2.20. The highest BCUT2D eigenvalue weighted by atomic mass is 16.5. The Labute approximate surface area is 97.1 Å². The van der Waals surface area contributed by atoms with E-state index in [2.05, 4.69) is 13.8 Å². The average molecular weight is 220 g/mol. The molecule has 3 nitrogen and oxygen atoms in total. The molecule has 1 unspecified atom stereocenters. The molecular weight excluding hydrogens is 200 g/mol. The van der Waals surface area contributed by atoms with Gasteiger partial charge in [0.2, 0.25) is 0 Å². The Balaban J connectivity index is 3.01. The second-order valence-electron chi connectivity index (χ2n) is 4.48. The van der Waals surface area contributed by atoms with Crippen LogP contribution >= 0.6 is 0 Å². The van der Waals surface area contributed by atoms with Gasteiger partial charge in [0.15, 0.2) is 0 Å². The van der Waals surface area contributed by atoms with Gasteiger partial charge in [-0.2, -0.15) is 0 Å². The van der Waals surface area contributed by atoms with Crippen LogP contribution in [0.1, 0.15) is 31.9 Å². The third-order valence-electron chi connectivity index (χ3n) is 2.68. The Morgan fingerprint density at radius 1 is 1.31 bits per heavy atom. The fraction of sp³-hybridized carbons (Fsp3) is 0.462. The molecule has 0 fully saturated rings. The number of nitrogens with one attached hydrogen (secondary N) is 1. The smallest absolute Gasteiger partial charge is 0.130 e. The van der Waals surface area contributed by atoms with Crippen molar-refractivity contribution in [1.29, 1.82) is 5.41 Å². The Kier molecular flexibility index (Phi) is 3.93. The molecule has 3 heteroatoms. The van der Waals surface area contributed by atoms with Gasteiger partial charge in [-0.05, 0) is 37.5 Å². The lowest BCUT2D eigenvalue weighted by molar-refractivity contribution is 0.170. The fourth-order valence-corrected chi connectivity index (χ4v) is 1.29. The van der Waals surface area contributed by atoms with Gasteiger partial charge in [0, 0.05) is 0 Å². The Morgan fingerprint density at radius 3 is 2.44 bits per heavy atom. The first-order chi connectivity index (χ1) is 7.41. The number of aryl methyl sites for hydroxylation is 1. The van der Waals surface area contributed by atoms with Gasteiger partial charge in [0.05, 0.1) is 11.7 Å². The maximum Gasteiger partial charge on any atom is 0.130 e. The monoisotopic (exact) mass is 220 g/mol. The van der Waals surface area contributed by atoms with E-state index in [1.165, 1.54) is 0 Å². The summed E-state index contributed by atoms with van der Waals surface area (Å²) >= 11 is 0. The predicted molar refractivity (Wildman–Crippen MR) is 67.1 cm³/mol. The number of rotatable bonds is 4. The van der Waals surface area contributed by atoms with Crippen LogP contribution in [-0.2, 0) is 0 Å². The summed E-state index contributed by atoms with van der Waals surface area (Å²) in [5, 5.41) is 7.50. The minimum absolute atomic E-state index is 0.0472. The van der Waals surface area contributed by atoms with E-state index >= 15 is 0 Å². The van der Waals surface area contributed by atoms with Crippen LogP contribution in [0.3, 0.4) is 0 Å². The van der Waals surface area contributed by atoms with E-state index in [0.29, 0.717) is 17.2 Å². The van der Waals surface area contributed by atoms with Crippen molar-refractivity contribution in [2.24, 2.45) is 11.7 Å². The molecule has 0 heterocycles. The summed E-state index contributed by atoms with van der Waals surface area (Å²) in [6.45, 7) is 8.23. The number of hydrogen-bond acceptors (Lipinski definition) is 2. The molecule has 3 N–H and O–H groups in total. The molecule has 1 rings (SSSR count). The van der Waals surface area contributed by atoms with Crippen molar-refractivity contribution in [2.45, 2.75) is 33.8 Å². The molecular formula is C13H20N2O. The standard InChI is InChI=1S/C13H20N2O/c1-8(2)10(4)16-12-7-9(3)5-6-11(12)13(14)15/h5-8,10H,1-4H3,(H3,14,15). The second kappa shape index (κ2) is 5.01. The Bertz CT molecular complexity index is 386. The van der Waals surface area contributed by atoms with Gasteiger partial charge in [-0.3, -0.25) is 5.41 Å². The van der Waals surface area contributed by atoms with Crippen molar-refractivity contribution in [1.82, 2.24) is 0 Å². The van der Waals surface area contributed by atoms with Crippen LogP contribution < -0.4 is 10.5 Å². The number of hydrogen-bond donors (Lipinski definition) is 2. The number of amidine groups is 1. The van der Waals surface area contributed by atoms with Gasteiger partial charge in [-0.25, -0.2) is 0 Å². The molecule has 0 aliphatic heterocycles. The summed E-state index contributed by atoms with van der Waals surface area (Å²) in [7, 11) is 0. The van der Waals surface area contributed by atoms with E-state index in [0.717, 1.165) is 5.56 Å². The molecule has 16 heavy (non-hydrogen) atoms. The first-order valence-electron chi connectivity index (χ1n) is 5.53. The van der Waals surface area contributed by atoms with E-state index in [1.54, 1.807) is 0 Å². The van der Waals surface area contributed by atoms with Gasteiger partial charge in [0.1, 0.15) is 11.6 Å². The van der Waals surface area contributed by atoms with Crippen LogP contribution in [0, 0.1) is 18.3 Å². The second-order valence-corrected chi connectivity index (χ2v) is 4.48. The van der Waals surface area contributed by atoms with Crippen molar-refractivity contribution in [3.63, 3.8) is 0 Å². The van der Waals surface area contributed by atoms with Crippen LogP contribution in [0.5, 0.6) is 5.75 Å². The van der Waals surface area contributed by atoms with Gasteiger partial charge >= 0.3 is 0 Å². The topological polar surface area (TPSA) is 59.1 Å². The molecule has 0 aliphatic carbocycles. The third kappa shape index (κ3) is 2.99. The molecule has 88 valence electrons. The summed E-state index contributed by atoms with van der Waals surface area (Å²) in [4.78, 5) is 0. The van der Waals surface area contributed by atoms with Crippen molar-refractivity contribution < 1.29 is 4.74 Å². The first-order valence-corrected chi connectivity index (χ1v) is 5.53. The van der Waals surface area contributed by atoms with E-state index < -0.39 is 0 Å². The molecule has 0 saturated heterocycles. The van der Waals surface area contributed by atoms with Gasteiger partial charge in [0.25, 0.3) is 0 Å². The summed E-state index contributed by atoms with van der Waals surface area (Å²) in [6.07, 6.45) is 0.111. The third-order valence-corrected chi connectivity index (χ3v) is 2.68. The molecule has 0 saturated carbocycles. The van der Waals surface area contributed by atoms with Gasteiger partial charge < -0.3 is 10.5 Å². The van der Waals surface area contributed by atoms with Gasteiger partial charge in [-0.15, -0.1) is 0 Å². The normalized spacial score (nSPS) is 12.6.